The van der Waals surface area contributed by atoms with Crippen LogP contribution in [0.15, 0.2) is 24.3 Å². The molecule has 3 nitrogen and oxygen atoms in total. The maximum Gasteiger partial charge on any atom is 0.334 e. The van der Waals surface area contributed by atoms with E-state index in [-0.39, 0.29) is 11.9 Å². The molecule has 1 atom stereocenters. The minimum Gasteiger partial charge on any atom is -0.493 e. The van der Waals surface area contributed by atoms with Crippen LogP contribution in [-0.2, 0) is 22.4 Å². The number of ether oxygens (including phenoxy) is 2. The average molecular weight is 258 g/mol. The number of carbonyl (C=O) groups is 1. The first-order valence-electron chi connectivity index (χ1n) is 6.85. The van der Waals surface area contributed by atoms with Gasteiger partial charge in [-0.25, -0.2) is 4.79 Å². The van der Waals surface area contributed by atoms with Crippen LogP contribution in [0.3, 0.4) is 0 Å². The van der Waals surface area contributed by atoms with E-state index in [1.807, 2.05) is 6.92 Å². The van der Waals surface area contributed by atoms with E-state index in [9.17, 15) is 4.79 Å². The molecule has 0 N–H and O–H groups in total. The second-order valence-corrected chi connectivity index (χ2v) is 5.05. The van der Waals surface area contributed by atoms with Crippen molar-refractivity contribution in [2.45, 2.75) is 32.1 Å². The standard InChI is InChI=1S/C16H18O3/c1-3-18-16(17)10(2)12-6-4-11-5-7-14-13(15(11)12)8-9-19-14/h5,7,12H,2-4,6,8-9H2,1H3. The van der Waals surface area contributed by atoms with E-state index in [1.165, 1.54) is 16.7 Å². The lowest BCUT2D eigenvalue weighted by Crippen LogP contribution is -2.13. The highest BCUT2D eigenvalue weighted by Gasteiger charge is 2.33. The monoisotopic (exact) mass is 258 g/mol. The largest absolute Gasteiger partial charge is 0.493 e. The van der Waals surface area contributed by atoms with Gasteiger partial charge in [0.05, 0.1) is 13.2 Å². The molecule has 1 unspecified atom stereocenters. The van der Waals surface area contributed by atoms with Crippen LogP contribution in [0.5, 0.6) is 5.75 Å². The molecule has 100 valence electrons. The van der Waals surface area contributed by atoms with Gasteiger partial charge in [-0.1, -0.05) is 12.6 Å². The average Bonchev–Trinajstić information content (AvgIpc) is 3.03. The summed E-state index contributed by atoms with van der Waals surface area (Å²) in [5.41, 5.74) is 4.46. The van der Waals surface area contributed by atoms with Gasteiger partial charge in [0.25, 0.3) is 0 Å². The van der Waals surface area contributed by atoms with E-state index in [4.69, 9.17) is 9.47 Å². The summed E-state index contributed by atoms with van der Waals surface area (Å²) in [4.78, 5) is 11.9. The van der Waals surface area contributed by atoms with Gasteiger partial charge < -0.3 is 9.47 Å². The predicted molar refractivity (Wildman–Crippen MR) is 72.5 cm³/mol. The number of carbonyl (C=O) groups excluding carboxylic acids is 1. The van der Waals surface area contributed by atoms with Gasteiger partial charge in [0.15, 0.2) is 0 Å². The molecular weight excluding hydrogens is 240 g/mol. The zero-order valence-electron chi connectivity index (χ0n) is 11.2. The molecule has 0 fully saturated rings. The van der Waals surface area contributed by atoms with Crippen LogP contribution in [0.2, 0.25) is 0 Å². The van der Waals surface area contributed by atoms with Crippen molar-refractivity contribution in [3.05, 3.63) is 41.0 Å². The van der Waals surface area contributed by atoms with Crippen molar-refractivity contribution in [3.8, 4) is 5.75 Å². The Kier molecular flexibility index (Phi) is 3.05. The smallest absolute Gasteiger partial charge is 0.334 e. The Labute approximate surface area is 113 Å². The minimum atomic E-state index is -0.267. The molecule has 3 heteroatoms. The molecule has 0 aromatic heterocycles. The Morgan fingerprint density at radius 1 is 1.47 bits per heavy atom. The minimum absolute atomic E-state index is 0.102. The first-order valence-corrected chi connectivity index (χ1v) is 6.85. The van der Waals surface area contributed by atoms with Gasteiger partial charge in [0.1, 0.15) is 5.75 Å². The topological polar surface area (TPSA) is 35.5 Å². The molecule has 19 heavy (non-hydrogen) atoms. The summed E-state index contributed by atoms with van der Waals surface area (Å²) in [7, 11) is 0. The maximum atomic E-state index is 11.9. The highest BCUT2D eigenvalue weighted by molar-refractivity contribution is 5.90. The predicted octanol–water partition coefficient (Wildman–Crippen LogP) is 2.77. The number of esters is 1. The molecule has 3 rings (SSSR count). The Morgan fingerprint density at radius 2 is 2.32 bits per heavy atom. The van der Waals surface area contributed by atoms with Gasteiger partial charge in [-0.05, 0) is 37.0 Å². The van der Waals surface area contributed by atoms with Crippen LogP contribution in [0, 0.1) is 0 Å². The summed E-state index contributed by atoms with van der Waals surface area (Å²) in [6.07, 6.45) is 2.89. The molecule has 1 aromatic rings. The van der Waals surface area contributed by atoms with Crippen molar-refractivity contribution in [1.82, 2.24) is 0 Å². The van der Waals surface area contributed by atoms with E-state index >= 15 is 0 Å². The summed E-state index contributed by atoms with van der Waals surface area (Å²) in [5.74, 6) is 0.810. The number of benzene rings is 1. The molecule has 0 amide bonds. The van der Waals surface area contributed by atoms with Gasteiger partial charge in [-0.2, -0.15) is 0 Å². The highest BCUT2D eigenvalue weighted by atomic mass is 16.5. The lowest BCUT2D eigenvalue weighted by atomic mass is 9.89. The summed E-state index contributed by atoms with van der Waals surface area (Å²) in [5, 5.41) is 0. The van der Waals surface area contributed by atoms with Crippen LogP contribution in [0.25, 0.3) is 0 Å². The Balaban J connectivity index is 1.96. The molecule has 1 aliphatic heterocycles. The fraction of sp³-hybridized carbons (Fsp3) is 0.438. The van der Waals surface area contributed by atoms with Crippen LogP contribution in [-0.4, -0.2) is 19.2 Å². The third-order valence-corrected chi connectivity index (χ3v) is 4.02. The zero-order chi connectivity index (χ0) is 13.4. The molecule has 0 radical (unpaired) electrons. The Hall–Kier alpha value is -1.77. The van der Waals surface area contributed by atoms with Gasteiger partial charge in [0, 0.05) is 23.5 Å². The van der Waals surface area contributed by atoms with Crippen LogP contribution in [0.4, 0.5) is 0 Å². The third kappa shape index (κ3) is 1.93. The van der Waals surface area contributed by atoms with Crippen molar-refractivity contribution in [2.24, 2.45) is 0 Å². The number of aryl methyl sites for hydroxylation is 1. The Morgan fingerprint density at radius 3 is 3.11 bits per heavy atom. The van der Waals surface area contributed by atoms with Crippen molar-refractivity contribution >= 4 is 5.97 Å². The van der Waals surface area contributed by atoms with Crippen LogP contribution < -0.4 is 4.74 Å². The fourth-order valence-corrected chi connectivity index (χ4v) is 3.16. The van der Waals surface area contributed by atoms with E-state index < -0.39 is 0 Å². The number of hydrogen-bond acceptors (Lipinski definition) is 3. The molecule has 0 saturated heterocycles. The summed E-state index contributed by atoms with van der Waals surface area (Å²) < 4.78 is 10.7. The molecule has 0 saturated carbocycles. The number of rotatable bonds is 3. The van der Waals surface area contributed by atoms with Crippen LogP contribution in [0.1, 0.15) is 36.0 Å². The summed E-state index contributed by atoms with van der Waals surface area (Å²) >= 11 is 0. The number of hydrogen-bond donors (Lipinski definition) is 0. The van der Waals surface area contributed by atoms with Gasteiger partial charge in [0.2, 0.25) is 0 Å². The molecule has 1 heterocycles. The first-order chi connectivity index (χ1) is 9.22. The quantitative estimate of drug-likeness (QED) is 0.617. The highest BCUT2D eigenvalue weighted by Crippen LogP contribution is 2.44. The van der Waals surface area contributed by atoms with E-state index in [1.54, 1.807) is 0 Å². The maximum absolute atomic E-state index is 11.9. The molecule has 0 spiro atoms. The normalized spacial score (nSPS) is 19.5. The lowest BCUT2D eigenvalue weighted by molar-refractivity contribution is -0.138. The van der Waals surface area contributed by atoms with Gasteiger partial charge >= 0.3 is 5.97 Å². The van der Waals surface area contributed by atoms with Crippen molar-refractivity contribution in [3.63, 3.8) is 0 Å². The van der Waals surface area contributed by atoms with Gasteiger partial charge in [-0.3, -0.25) is 0 Å². The van der Waals surface area contributed by atoms with Crippen molar-refractivity contribution in [1.29, 1.82) is 0 Å². The second kappa shape index (κ2) is 4.72. The van der Waals surface area contributed by atoms with E-state index in [0.29, 0.717) is 12.2 Å². The van der Waals surface area contributed by atoms with Crippen molar-refractivity contribution < 1.29 is 14.3 Å². The van der Waals surface area contributed by atoms with Gasteiger partial charge in [-0.15, -0.1) is 0 Å². The molecule has 0 bridgehead atoms. The summed E-state index contributed by atoms with van der Waals surface area (Å²) in [6.45, 7) is 6.92. The summed E-state index contributed by atoms with van der Waals surface area (Å²) in [6, 6.07) is 4.18. The fourth-order valence-electron chi connectivity index (χ4n) is 3.16. The van der Waals surface area contributed by atoms with E-state index in [2.05, 4.69) is 18.7 Å². The van der Waals surface area contributed by atoms with Crippen molar-refractivity contribution in [2.75, 3.05) is 13.2 Å². The second-order valence-electron chi connectivity index (χ2n) is 5.05. The Bertz CT molecular complexity index is 545. The molecule has 1 aromatic carbocycles. The molecular formula is C16H18O3. The SMILES string of the molecule is C=C(C(=O)OCC)C1CCc2ccc3c(c21)CCO3. The van der Waals surface area contributed by atoms with Crippen LogP contribution >= 0.6 is 0 Å². The van der Waals surface area contributed by atoms with E-state index in [0.717, 1.165) is 31.6 Å². The molecule has 1 aliphatic carbocycles. The number of fused-ring (bicyclic) bond motifs is 3. The zero-order valence-corrected chi connectivity index (χ0v) is 11.2. The lowest BCUT2D eigenvalue weighted by Gasteiger charge is -2.16. The molecule has 2 aliphatic rings. The first kappa shape index (κ1) is 12.3. The third-order valence-electron chi connectivity index (χ3n) is 4.02.